The number of para-hydroxylation sites is 1. The van der Waals surface area contributed by atoms with Gasteiger partial charge in [-0.1, -0.05) is 72.8 Å². The van der Waals surface area contributed by atoms with Crippen molar-refractivity contribution >= 4 is 17.3 Å². The van der Waals surface area contributed by atoms with Gasteiger partial charge in [-0.2, -0.15) is 0 Å². The minimum absolute atomic E-state index is 0.0523. The molecule has 0 saturated heterocycles. The lowest BCUT2D eigenvalue weighted by Gasteiger charge is -2.12. The Bertz CT molecular complexity index is 1100. The molecule has 0 atom stereocenters. The normalized spacial score (nSPS) is 10.6. The van der Waals surface area contributed by atoms with E-state index in [0.29, 0.717) is 12.3 Å². The summed E-state index contributed by atoms with van der Waals surface area (Å²) in [6.45, 7) is 0.465. The summed E-state index contributed by atoms with van der Waals surface area (Å²) in [7, 11) is 0. The van der Waals surface area contributed by atoms with Crippen molar-refractivity contribution in [3.05, 3.63) is 95.5 Å². The van der Waals surface area contributed by atoms with Crippen molar-refractivity contribution in [2.45, 2.75) is 13.0 Å². The number of aliphatic carboxylic acids is 1. The Kier molecular flexibility index (Phi) is 5.68. The van der Waals surface area contributed by atoms with Gasteiger partial charge in [-0.25, -0.2) is 4.98 Å². The number of nitrogens with zero attached hydrogens (tertiary/aromatic N) is 1. The van der Waals surface area contributed by atoms with Gasteiger partial charge in [-0.15, -0.1) is 11.3 Å². The molecule has 144 valence electrons. The van der Waals surface area contributed by atoms with Crippen LogP contribution in [0.3, 0.4) is 0 Å². The van der Waals surface area contributed by atoms with Gasteiger partial charge in [0.05, 0.1) is 12.1 Å². The zero-order chi connectivity index (χ0) is 20.1. The van der Waals surface area contributed by atoms with Gasteiger partial charge in [0, 0.05) is 16.5 Å². The third-order valence-corrected chi connectivity index (χ3v) is 5.39. The highest BCUT2D eigenvalue weighted by molar-refractivity contribution is 7.13. The first-order chi connectivity index (χ1) is 14.2. The Morgan fingerprint density at radius 1 is 0.897 bits per heavy atom. The number of aromatic nitrogens is 1. The van der Waals surface area contributed by atoms with Gasteiger partial charge in [0.2, 0.25) is 0 Å². The number of rotatable bonds is 7. The molecule has 0 spiro atoms. The average molecular weight is 401 g/mol. The average Bonchev–Trinajstić information content (AvgIpc) is 3.21. The number of benzene rings is 3. The van der Waals surface area contributed by atoms with Crippen LogP contribution >= 0.6 is 11.3 Å². The molecule has 0 aliphatic rings. The molecule has 4 rings (SSSR count). The molecule has 0 unspecified atom stereocenters. The van der Waals surface area contributed by atoms with Crippen molar-refractivity contribution in [1.82, 2.24) is 4.98 Å². The first kappa shape index (κ1) is 18.9. The fourth-order valence-electron chi connectivity index (χ4n) is 3.03. The zero-order valence-corrected chi connectivity index (χ0v) is 16.4. The fourth-order valence-corrected chi connectivity index (χ4v) is 3.85. The van der Waals surface area contributed by atoms with Gasteiger partial charge in [0.25, 0.3) is 0 Å². The van der Waals surface area contributed by atoms with Crippen LogP contribution < -0.4 is 4.74 Å². The monoisotopic (exact) mass is 401 g/mol. The van der Waals surface area contributed by atoms with Crippen LogP contribution in [0.25, 0.3) is 21.7 Å². The molecule has 0 aliphatic heterocycles. The van der Waals surface area contributed by atoms with E-state index in [-0.39, 0.29) is 6.42 Å². The molecule has 1 heterocycles. The maximum atomic E-state index is 10.8. The molecule has 5 heteroatoms. The van der Waals surface area contributed by atoms with E-state index in [9.17, 15) is 4.79 Å². The molecular weight excluding hydrogens is 382 g/mol. The summed E-state index contributed by atoms with van der Waals surface area (Å²) in [5.74, 6) is -0.0221. The van der Waals surface area contributed by atoms with Gasteiger partial charge < -0.3 is 9.84 Å². The Balaban J connectivity index is 1.45. The lowest BCUT2D eigenvalue weighted by Crippen LogP contribution is -1.99. The highest BCUT2D eigenvalue weighted by Gasteiger charge is 2.09. The van der Waals surface area contributed by atoms with E-state index < -0.39 is 5.97 Å². The standard InChI is InChI=1S/C24H19NO3S/c26-23(27)14-20-16-29-24(25-20)19-12-10-17(11-13-19)15-28-22-9-5-4-8-21(22)18-6-2-1-3-7-18/h1-13,16H,14-15H2,(H,26,27). The van der Waals surface area contributed by atoms with Crippen molar-refractivity contribution in [3.8, 4) is 27.4 Å². The third-order valence-electron chi connectivity index (χ3n) is 4.45. The van der Waals surface area contributed by atoms with Crippen molar-refractivity contribution in [3.63, 3.8) is 0 Å². The molecule has 0 aliphatic carbocycles. The summed E-state index contributed by atoms with van der Waals surface area (Å²) in [5.41, 5.74) is 4.80. The molecule has 0 saturated carbocycles. The van der Waals surface area contributed by atoms with Crippen LogP contribution in [0.1, 0.15) is 11.3 Å². The van der Waals surface area contributed by atoms with Crippen LogP contribution in [0, 0.1) is 0 Å². The number of carbonyl (C=O) groups is 1. The van der Waals surface area contributed by atoms with Crippen LogP contribution in [-0.4, -0.2) is 16.1 Å². The second-order valence-corrected chi connectivity index (χ2v) is 7.42. The largest absolute Gasteiger partial charge is 0.488 e. The van der Waals surface area contributed by atoms with E-state index in [1.54, 1.807) is 5.38 Å². The molecule has 29 heavy (non-hydrogen) atoms. The molecule has 3 aromatic carbocycles. The minimum atomic E-state index is -0.870. The van der Waals surface area contributed by atoms with Crippen LogP contribution in [-0.2, 0) is 17.8 Å². The maximum absolute atomic E-state index is 10.8. The summed E-state index contributed by atoms with van der Waals surface area (Å²) >= 11 is 1.45. The van der Waals surface area contributed by atoms with E-state index in [1.165, 1.54) is 11.3 Å². The molecule has 1 N–H and O–H groups in total. The molecule has 0 amide bonds. The molecule has 4 aromatic rings. The number of hydrogen-bond acceptors (Lipinski definition) is 4. The molecule has 1 aromatic heterocycles. The smallest absolute Gasteiger partial charge is 0.309 e. The quantitative estimate of drug-likeness (QED) is 0.433. The Labute approximate surface area is 173 Å². The summed E-state index contributed by atoms with van der Waals surface area (Å²) in [6, 6.07) is 26.2. The highest BCUT2D eigenvalue weighted by atomic mass is 32.1. The first-order valence-corrected chi connectivity index (χ1v) is 10.1. The van der Waals surface area contributed by atoms with E-state index in [0.717, 1.165) is 33.0 Å². The first-order valence-electron chi connectivity index (χ1n) is 9.22. The van der Waals surface area contributed by atoms with Gasteiger partial charge in [-0.05, 0) is 17.2 Å². The lowest BCUT2D eigenvalue weighted by atomic mass is 10.0. The number of hydrogen-bond donors (Lipinski definition) is 1. The molecule has 0 fully saturated rings. The summed E-state index contributed by atoms with van der Waals surface area (Å²) < 4.78 is 6.09. The van der Waals surface area contributed by atoms with Crippen molar-refractivity contribution in [2.24, 2.45) is 0 Å². The van der Waals surface area contributed by atoms with E-state index in [1.807, 2.05) is 60.7 Å². The molecular formula is C24H19NO3S. The van der Waals surface area contributed by atoms with Crippen LogP contribution in [0.15, 0.2) is 84.2 Å². The van der Waals surface area contributed by atoms with Crippen molar-refractivity contribution in [1.29, 1.82) is 0 Å². The van der Waals surface area contributed by atoms with Crippen LogP contribution in [0.4, 0.5) is 0 Å². The zero-order valence-electron chi connectivity index (χ0n) is 15.6. The lowest BCUT2D eigenvalue weighted by molar-refractivity contribution is -0.136. The van der Waals surface area contributed by atoms with Gasteiger partial charge in [-0.3, -0.25) is 4.79 Å². The second-order valence-electron chi connectivity index (χ2n) is 6.56. The minimum Gasteiger partial charge on any atom is -0.488 e. The number of carboxylic acid groups (broad SMARTS) is 1. The number of thiazole rings is 1. The predicted octanol–water partition coefficient (Wildman–Crippen LogP) is 5.68. The Hall–Kier alpha value is -3.44. The summed E-state index contributed by atoms with van der Waals surface area (Å²) in [6.07, 6.45) is -0.0523. The molecule has 4 nitrogen and oxygen atoms in total. The van der Waals surface area contributed by atoms with Crippen molar-refractivity contribution in [2.75, 3.05) is 0 Å². The summed E-state index contributed by atoms with van der Waals surface area (Å²) in [4.78, 5) is 15.2. The SMILES string of the molecule is O=C(O)Cc1csc(-c2ccc(COc3ccccc3-c3ccccc3)cc2)n1. The van der Waals surface area contributed by atoms with E-state index >= 15 is 0 Å². The van der Waals surface area contributed by atoms with E-state index in [4.69, 9.17) is 9.84 Å². The van der Waals surface area contributed by atoms with Gasteiger partial charge >= 0.3 is 5.97 Å². The third kappa shape index (κ3) is 4.70. The van der Waals surface area contributed by atoms with E-state index in [2.05, 4.69) is 23.2 Å². The number of carboxylic acids is 1. The maximum Gasteiger partial charge on any atom is 0.309 e. The fraction of sp³-hybridized carbons (Fsp3) is 0.0833. The predicted molar refractivity (Wildman–Crippen MR) is 115 cm³/mol. The molecule has 0 radical (unpaired) electrons. The topological polar surface area (TPSA) is 59.4 Å². The molecule has 0 bridgehead atoms. The summed E-state index contributed by atoms with van der Waals surface area (Å²) in [5, 5.41) is 11.5. The van der Waals surface area contributed by atoms with Gasteiger partial charge in [0.15, 0.2) is 0 Å². The van der Waals surface area contributed by atoms with Crippen LogP contribution in [0.2, 0.25) is 0 Å². The second kappa shape index (κ2) is 8.71. The van der Waals surface area contributed by atoms with Crippen molar-refractivity contribution < 1.29 is 14.6 Å². The van der Waals surface area contributed by atoms with Gasteiger partial charge in [0.1, 0.15) is 17.4 Å². The Morgan fingerprint density at radius 3 is 2.38 bits per heavy atom. The van der Waals surface area contributed by atoms with Crippen LogP contribution in [0.5, 0.6) is 5.75 Å². The number of ether oxygens (including phenoxy) is 1. The highest BCUT2D eigenvalue weighted by Crippen LogP contribution is 2.30. The Morgan fingerprint density at radius 2 is 1.62 bits per heavy atom.